The van der Waals surface area contributed by atoms with Gasteiger partial charge in [-0.2, -0.15) is 5.10 Å². The van der Waals surface area contributed by atoms with Gasteiger partial charge in [0.25, 0.3) is 0 Å². The van der Waals surface area contributed by atoms with Gasteiger partial charge in [0, 0.05) is 25.7 Å². The number of aromatic nitrogens is 3. The Morgan fingerprint density at radius 2 is 2.10 bits per heavy atom. The topological polar surface area (TPSA) is 43.2 Å². The van der Waals surface area contributed by atoms with E-state index in [2.05, 4.69) is 21.9 Å². The molecule has 2 aliphatic rings. The van der Waals surface area contributed by atoms with Gasteiger partial charge in [-0.1, -0.05) is 6.92 Å². The molecule has 0 radical (unpaired) electrons. The average molecular weight is 292 g/mol. The SMILES string of the molecule is CC1CCC(N(CCn2cncn2)CC2CCCO2)CC1. The largest absolute Gasteiger partial charge is 0.377 e. The second kappa shape index (κ2) is 7.36. The van der Waals surface area contributed by atoms with E-state index in [1.54, 1.807) is 6.33 Å². The summed E-state index contributed by atoms with van der Waals surface area (Å²) in [5.41, 5.74) is 0. The van der Waals surface area contributed by atoms with Crippen LogP contribution in [0.1, 0.15) is 45.4 Å². The molecular weight excluding hydrogens is 264 g/mol. The van der Waals surface area contributed by atoms with Crippen LogP contribution in [0.2, 0.25) is 0 Å². The van der Waals surface area contributed by atoms with Crippen LogP contribution in [0.15, 0.2) is 12.7 Å². The lowest BCUT2D eigenvalue weighted by Crippen LogP contribution is -2.43. The minimum atomic E-state index is 0.445. The monoisotopic (exact) mass is 292 g/mol. The second-order valence-electron chi connectivity index (χ2n) is 6.70. The molecule has 1 atom stereocenters. The molecule has 3 rings (SSSR count). The highest BCUT2D eigenvalue weighted by Crippen LogP contribution is 2.28. The lowest BCUT2D eigenvalue weighted by atomic mass is 9.86. The molecule has 0 N–H and O–H groups in total. The normalized spacial score (nSPS) is 30.1. The number of hydrogen-bond donors (Lipinski definition) is 0. The fraction of sp³-hybridized carbons (Fsp3) is 0.875. The Hall–Kier alpha value is -0.940. The van der Waals surface area contributed by atoms with Crippen molar-refractivity contribution >= 4 is 0 Å². The highest BCUT2D eigenvalue weighted by Gasteiger charge is 2.27. The Morgan fingerprint density at radius 1 is 1.24 bits per heavy atom. The molecule has 2 heterocycles. The first kappa shape index (κ1) is 15.0. The van der Waals surface area contributed by atoms with Crippen molar-refractivity contribution < 1.29 is 4.74 Å². The molecule has 5 nitrogen and oxygen atoms in total. The molecule has 0 spiro atoms. The molecule has 0 bridgehead atoms. The molecule has 118 valence electrons. The van der Waals surface area contributed by atoms with Crippen molar-refractivity contribution in [1.82, 2.24) is 19.7 Å². The van der Waals surface area contributed by atoms with Crippen molar-refractivity contribution in [2.75, 3.05) is 19.7 Å². The van der Waals surface area contributed by atoms with Crippen molar-refractivity contribution in [2.45, 2.75) is 64.1 Å². The van der Waals surface area contributed by atoms with Crippen molar-refractivity contribution in [3.8, 4) is 0 Å². The average Bonchev–Trinajstić information content (AvgIpc) is 3.18. The van der Waals surface area contributed by atoms with Crippen LogP contribution in [0.3, 0.4) is 0 Å². The van der Waals surface area contributed by atoms with Crippen molar-refractivity contribution in [3.05, 3.63) is 12.7 Å². The summed E-state index contributed by atoms with van der Waals surface area (Å²) < 4.78 is 7.79. The Balaban J connectivity index is 1.56. The van der Waals surface area contributed by atoms with Gasteiger partial charge in [0.2, 0.25) is 0 Å². The molecule has 1 saturated carbocycles. The van der Waals surface area contributed by atoms with Gasteiger partial charge in [-0.15, -0.1) is 0 Å². The summed E-state index contributed by atoms with van der Waals surface area (Å²) in [7, 11) is 0. The summed E-state index contributed by atoms with van der Waals surface area (Å²) in [5.74, 6) is 0.904. The van der Waals surface area contributed by atoms with Gasteiger partial charge in [0.15, 0.2) is 0 Å². The van der Waals surface area contributed by atoms with Crippen LogP contribution in [0.5, 0.6) is 0 Å². The molecule has 1 unspecified atom stereocenters. The Morgan fingerprint density at radius 3 is 2.76 bits per heavy atom. The van der Waals surface area contributed by atoms with Crippen LogP contribution in [-0.4, -0.2) is 51.5 Å². The summed E-state index contributed by atoms with van der Waals surface area (Å²) in [6, 6.07) is 0.730. The van der Waals surface area contributed by atoms with E-state index < -0.39 is 0 Å². The Labute approximate surface area is 127 Å². The predicted octanol–water partition coefficient (Wildman–Crippen LogP) is 2.34. The summed E-state index contributed by atoms with van der Waals surface area (Å²) in [6.07, 6.45) is 11.7. The number of hydrogen-bond acceptors (Lipinski definition) is 4. The first-order chi connectivity index (χ1) is 10.3. The third-order valence-corrected chi connectivity index (χ3v) is 5.05. The van der Waals surface area contributed by atoms with Gasteiger partial charge in [-0.3, -0.25) is 9.58 Å². The van der Waals surface area contributed by atoms with Gasteiger partial charge in [0.05, 0.1) is 12.6 Å². The van der Waals surface area contributed by atoms with Crippen LogP contribution in [-0.2, 0) is 11.3 Å². The van der Waals surface area contributed by atoms with Gasteiger partial charge in [-0.05, 0) is 44.4 Å². The van der Waals surface area contributed by atoms with E-state index in [1.807, 2.05) is 11.0 Å². The van der Waals surface area contributed by atoms with E-state index in [-0.39, 0.29) is 0 Å². The smallest absolute Gasteiger partial charge is 0.137 e. The zero-order chi connectivity index (χ0) is 14.5. The standard InChI is InChI=1S/C16H28N4O/c1-14-4-6-15(7-5-14)19(11-16-3-2-10-21-16)8-9-20-13-17-12-18-20/h12-16H,2-11H2,1H3. The molecule has 1 aromatic rings. The second-order valence-corrected chi connectivity index (χ2v) is 6.70. The lowest BCUT2D eigenvalue weighted by Gasteiger charge is -2.37. The third-order valence-electron chi connectivity index (χ3n) is 5.05. The van der Waals surface area contributed by atoms with Crippen LogP contribution < -0.4 is 0 Å². The highest BCUT2D eigenvalue weighted by atomic mass is 16.5. The van der Waals surface area contributed by atoms with Gasteiger partial charge in [-0.25, -0.2) is 4.98 Å². The quantitative estimate of drug-likeness (QED) is 0.807. The zero-order valence-corrected chi connectivity index (χ0v) is 13.2. The molecular formula is C16H28N4O. The van der Waals surface area contributed by atoms with E-state index >= 15 is 0 Å². The predicted molar refractivity (Wildman–Crippen MR) is 82.0 cm³/mol. The van der Waals surface area contributed by atoms with E-state index in [9.17, 15) is 0 Å². The van der Waals surface area contributed by atoms with Crippen molar-refractivity contribution in [2.24, 2.45) is 5.92 Å². The van der Waals surface area contributed by atoms with Gasteiger partial charge < -0.3 is 4.74 Å². The Bertz CT molecular complexity index is 394. The summed E-state index contributed by atoms with van der Waals surface area (Å²) in [6.45, 7) is 6.41. The van der Waals surface area contributed by atoms with Gasteiger partial charge >= 0.3 is 0 Å². The number of rotatable bonds is 6. The van der Waals surface area contributed by atoms with E-state index in [0.29, 0.717) is 6.10 Å². The molecule has 5 heteroatoms. The highest BCUT2D eigenvalue weighted by molar-refractivity contribution is 4.81. The maximum Gasteiger partial charge on any atom is 0.137 e. The number of nitrogens with zero attached hydrogens (tertiary/aromatic N) is 4. The van der Waals surface area contributed by atoms with E-state index in [1.165, 1.54) is 38.5 Å². The molecule has 1 aliphatic carbocycles. The minimum absolute atomic E-state index is 0.445. The summed E-state index contributed by atoms with van der Waals surface area (Å²) >= 11 is 0. The van der Waals surface area contributed by atoms with Crippen molar-refractivity contribution in [1.29, 1.82) is 0 Å². The molecule has 21 heavy (non-hydrogen) atoms. The maximum absolute atomic E-state index is 5.86. The fourth-order valence-corrected chi connectivity index (χ4v) is 3.66. The maximum atomic E-state index is 5.86. The molecule has 1 aliphatic heterocycles. The number of ether oxygens (including phenoxy) is 1. The zero-order valence-electron chi connectivity index (χ0n) is 13.2. The molecule has 0 aromatic carbocycles. The minimum Gasteiger partial charge on any atom is -0.377 e. The first-order valence-corrected chi connectivity index (χ1v) is 8.49. The summed E-state index contributed by atoms with van der Waals surface area (Å²) in [5, 5.41) is 4.22. The van der Waals surface area contributed by atoms with Crippen LogP contribution in [0.4, 0.5) is 0 Å². The third kappa shape index (κ3) is 4.27. The molecule has 2 fully saturated rings. The van der Waals surface area contributed by atoms with Crippen LogP contribution in [0, 0.1) is 5.92 Å². The summed E-state index contributed by atoms with van der Waals surface area (Å²) in [4.78, 5) is 6.69. The van der Waals surface area contributed by atoms with Crippen molar-refractivity contribution in [3.63, 3.8) is 0 Å². The molecule has 1 saturated heterocycles. The molecule has 0 amide bonds. The lowest BCUT2D eigenvalue weighted by molar-refractivity contribution is 0.0428. The van der Waals surface area contributed by atoms with E-state index in [0.717, 1.165) is 38.2 Å². The van der Waals surface area contributed by atoms with Crippen LogP contribution >= 0.6 is 0 Å². The molecule has 1 aromatic heterocycles. The first-order valence-electron chi connectivity index (χ1n) is 8.49. The van der Waals surface area contributed by atoms with E-state index in [4.69, 9.17) is 4.74 Å². The fourth-order valence-electron chi connectivity index (χ4n) is 3.66. The Kier molecular flexibility index (Phi) is 5.25. The van der Waals surface area contributed by atoms with Gasteiger partial charge in [0.1, 0.15) is 12.7 Å². The van der Waals surface area contributed by atoms with Crippen LogP contribution in [0.25, 0.3) is 0 Å².